The van der Waals surface area contributed by atoms with Crippen molar-refractivity contribution in [2.24, 2.45) is 0 Å². The van der Waals surface area contributed by atoms with Gasteiger partial charge in [0, 0.05) is 5.69 Å². The van der Waals surface area contributed by atoms with Crippen LogP contribution in [0.25, 0.3) is 0 Å². The number of aryl methyl sites for hydroxylation is 1. The van der Waals surface area contributed by atoms with E-state index >= 15 is 0 Å². The third-order valence-electron chi connectivity index (χ3n) is 3.87. The van der Waals surface area contributed by atoms with E-state index in [4.69, 9.17) is 4.74 Å². The van der Waals surface area contributed by atoms with Crippen molar-refractivity contribution in [3.8, 4) is 5.75 Å². The number of anilines is 1. The molecule has 0 bridgehead atoms. The molecule has 0 saturated carbocycles. The molecule has 28 heavy (non-hydrogen) atoms. The zero-order valence-electron chi connectivity index (χ0n) is 15.9. The van der Waals surface area contributed by atoms with E-state index in [1.165, 1.54) is 45.4 Å². The second-order valence-electron chi connectivity index (χ2n) is 5.94. The number of amides is 1. The lowest BCUT2D eigenvalue weighted by molar-refractivity contribution is -0.122. The first-order valence-electron chi connectivity index (χ1n) is 8.30. The van der Waals surface area contributed by atoms with Gasteiger partial charge >= 0.3 is 11.9 Å². The number of carbonyl (C=O) groups excluding carboxylic acids is 3. The Morgan fingerprint density at radius 1 is 0.964 bits per heavy atom. The fraction of sp³-hybridized carbons (Fsp3) is 0.250. The Morgan fingerprint density at radius 3 is 2.04 bits per heavy atom. The van der Waals surface area contributed by atoms with Crippen LogP contribution in [0.4, 0.5) is 10.1 Å². The highest BCUT2D eigenvalue weighted by molar-refractivity contribution is 5.96. The van der Waals surface area contributed by atoms with Gasteiger partial charge < -0.3 is 19.5 Å². The van der Waals surface area contributed by atoms with Gasteiger partial charge in [-0.05, 0) is 49.7 Å². The highest BCUT2D eigenvalue weighted by Gasteiger charge is 2.19. The lowest BCUT2D eigenvalue weighted by Gasteiger charge is -2.16. The second kappa shape index (κ2) is 8.98. The molecule has 8 heteroatoms. The maximum Gasteiger partial charge on any atom is 0.338 e. The first kappa shape index (κ1) is 20.9. The Balaban J connectivity index is 2.20. The Kier molecular flexibility index (Phi) is 6.70. The predicted octanol–water partition coefficient (Wildman–Crippen LogP) is 3.11. The average Bonchev–Trinajstić information content (AvgIpc) is 2.69. The van der Waals surface area contributed by atoms with Crippen LogP contribution in [0, 0.1) is 12.7 Å². The molecule has 0 saturated heterocycles. The standard InChI is InChI=1S/C20H20FNO6/c1-11-5-6-15(10-17(11)21)22-18(23)12(2)28-16-8-13(19(24)26-3)7-14(9-16)20(25)27-4/h5-10,12H,1-4H3,(H,22,23)/t12-/m1/s1. The molecule has 148 valence electrons. The van der Waals surface area contributed by atoms with Crippen LogP contribution in [0.3, 0.4) is 0 Å². The maximum absolute atomic E-state index is 13.6. The molecule has 0 heterocycles. The van der Waals surface area contributed by atoms with Gasteiger partial charge in [0.25, 0.3) is 5.91 Å². The molecule has 7 nitrogen and oxygen atoms in total. The molecule has 1 amide bonds. The number of ether oxygens (including phenoxy) is 3. The minimum Gasteiger partial charge on any atom is -0.481 e. The number of hydrogen-bond acceptors (Lipinski definition) is 6. The summed E-state index contributed by atoms with van der Waals surface area (Å²) in [5.74, 6) is -2.24. The molecule has 0 aliphatic heterocycles. The summed E-state index contributed by atoms with van der Waals surface area (Å²) in [7, 11) is 2.40. The van der Waals surface area contributed by atoms with Gasteiger partial charge in [-0.1, -0.05) is 6.07 Å². The van der Waals surface area contributed by atoms with E-state index in [1.807, 2.05) is 0 Å². The number of benzene rings is 2. The van der Waals surface area contributed by atoms with Crippen molar-refractivity contribution in [3.05, 3.63) is 58.9 Å². The largest absolute Gasteiger partial charge is 0.481 e. The average molecular weight is 389 g/mol. The number of methoxy groups -OCH3 is 2. The molecular formula is C20H20FNO6. The zero-order valence-corrected chi connectivity index (χ0v) is 15.9. The Labute approximate surface area is 161 Å². The van der Waals surface area contributed by atoms with Crippen LogP contribution in [0.15, 0.2) is 36.4 Å². The molecule has 0 unspecified atom stereocenters. The van der Waals surface area contributed by atoms with Gasteiger partial charge in [-0.15, -0.1) is 0 Å². The number of nitrogens with one attached hydrogen (secondary N) is 1. The highest BCUT2D eigenvalue weighted by atomic mass is 19.1. The van der Waals surface area contributed by atoms with E-state index in [9.17, 15) is 18.8 Å². The molecule has 0 radical (unpaired) electrons. The summed E-state index contributed by atoms with van der Waals surface area (Å²) in [6.07, 6.45) is -0.997. The summed E-state index contributed by atoms with van der Waals surface area (Å²) in [4.78, 5) is 35.9. The van der Waals surface area contributed by atoms with E-state index in [0.29, 0.717) is 5.56 Å². The predicted molar refractivity (Wildman–Crippen MR) is 99.0 cm³/mol. The number of rotatable bonds is 6. The maximum atomic E-state index is 13.6. The van der Waals surface area contributed by atoms with Crippen molar-refractivity contribution >= 4 is 23.5 Å². The normalized spacial score (nSPS) is 11.3. The molecule has 2 rings (SSSR count). The first-order chi connectivity index (χ1) is 13.2. The fourth-order valence-electron chi connectivity index (χ4n) is 2.31. The summed E-state index contributed by atoms with van der Waals surface area (Å²) < 4.78 is 28.5. The number of carbonyl (C=O) groups is 3. The molecular weight excluding hydrogens is 369 g/mol. The molecule has 1 atom stereocenters. The monoisotopic (exact) mass is 389 g/mol. The highest BCUT2D eigenvalue weighted by Crippen LogP contribution is 2.21. The third-order valence-corrected chi connectivity index (χ3v) is 3.87. The summed E-state index contributed by atoms with van der Waals surface area (Å²) in [6.45, 7) is 3.09. The Bertz CT molecular complexity index is 877. The van der Waals surface area contributed by atoms with E-state index in [-0.39, 0.29) is 22.6 Å². The van der Waals surface area contributed by atoms with Crippen LogP contribution >= 0.6 is 0 Å². The lowest BCUT2D eigenvalue weighted by Crippen LogP contribution is -2.30. The minimum atomic E-state index is -0.997. The van der Waals surface area contributed by atoms with Crippen molar-refractivity contribution in [2.75, 3.05) is 19.5 Å². The van der Waals surface area contributed by atoms with Crippen LogP contribution in [-0.4, -0.2) is 38.2 Å². The topological polar surface area (TPSA) is 90.9 Å². The number of hydrogen-bond donors (Lipinski definition) is 1. The summed E-state index contributed by atoms with van der Waals surface area (Å²) in [5.41, 5.74) is 0.863. The molecule has 0 aliphatic carbocycles. The van der Waals surface area contributed by atoms with E-state index in [0.717, 1.165) is 0 Å². The Morgan fingerprint density at radius 2 is 1.54 bits per heavy atom. The summed E-state index contributed by atoms with van der Waals surface area (Å²) >= 11 is 0. The van der Waals surface area contributed by atoms with Crippen LogP contribution in [-0.2, 0) is 14.3 Å². The van der Waals surface area contributed by atoms with E-state index in [2.05, 4.69) is 14.8 Å². The Hall–Kier alpha value is -3.42. The molecule has 1 N–H and O–H groups in total. The van der Waals surface area contributed by atoms with E-state index in [1.54, 1.807) is 19.1 Å². The SMILES string of the molecule is COC(=O)c1cc(O[C@H](C)C(=O)Nc2ccc(C)c(F)c2)cc(C(=O)OC)c1. The van der Waals surface area contributed by atoms with Crippen LogP contribution in [0.2, 0.25) is 0 Å². The van der Waals surface area contributed by atoms with E-state index < -0.39 is 29.8 Å². The molecule has 2 aromatic carbocycles. The van der Waals surface area contributed by atoms with Crippen molar-refractivity contribution in [1.29, 1.82) is 0 Å². The van der Waals surface area contributed by atoms with Gasteiger partial charge in [0.1, 0.15) is 11.6 Å². The molecule has 0 spiro atoms. The molecule has 2 aromatic rings. The van der Waals surface area contributed by atoms with Gasteiger partial charge in [-0.3, -0.25) is 4.79 Å². The van der Waals surface area contributed by atoms with Gasteiger partial charge in [-0.25, -0.2) is 14.0 Å². The molecule has 0 aliphatic rings. The smallest absolute Gasteiger partial charge is 0.338 e. The zero-order chi connectivity index (χ0) is 20.8. The van der Waals surface area contributed by atoms with Crippen molar-refractivity contribution in [1.82, 2.24) is 0 Å². The quantitative estimate of drug-likeness (QED) is 0.764. The summed E-state index contributed by atoms with van der Waals surface area (Å²) in [5, 5.41) is 2.54. The van der Waals surface area contributed by atoms with Crippen molar-refractivity contribution < 1.29 is 33.0 Å². The van der Waals surface area contributed by atoms with Crippen molar-refractivity contribution in [2.45, 2.75) is 20.0 Å². The van der Waals surface area contributed by atoms with Crippen LogP contribution in [0.5, 0.6) is 5.75 Å². The summed E-state index contributed by atoms with van der Waals surface area (Å²) in [6, 6.07) is 8.29. The minimum absolute atomic E-state index is 0.0635. The van der Waals surface area contributed by atoms with Crippen molar-refractivity contribution in [3.63, 3.8) is 0 Å². The lowest BCUT2D eigenvalue weighted by atomic mass is 10.1. The molecule has 0 aromatic heterocycles. The first-order valence-corrected chi connectivity index (χ1v) is 8.30. The van der Waals surface area contributed by atoms with Gasteiger partial charge in [0.05, 0.1) is 25.3 Å². The van der Waals surface area contributed by atoms with Gasteiger partial charge in [0.2, 0.25) is 0 Å². The van der Waals surface area contributed by atoms with Crippen LogP contribution in [0.1, 0.15) is 33.2 Å². The number of halogens is 1. The second-order valence-corrected chi connectivity index (χ2v) is 5.94. The van der Waals surface area contributed by atoms with Crippen LogP contribution < -0.4 is 10.1 Å². The van der Waals surface area contributed by atoms with Gasteiger partial charge in [-0.2, -0.15) is 0 Å². The third kappa shape index (κ3) is 5.06. The number of esters is 2. The van der Waals surface area contributed by atoms with Gasteiger partial charge in [0.15, 0.2) is 6.10 Å². The fourth-order valence-corrected chi connectivity index (χ4v) is 2.31. The molecule has 0 fully saturated rings.